The number of ether oxygens (including phenoxy) is 4. The average Bonchev–Trinajstić information content (AvgIpc) is 3.06. The summed E-state index contributed by atoms with van der Waals surface area (Å²) in [5.41, 5.74) is 1.36. The van der Waals surface area contributed by atoms with Gasteiger partial charge in [-0.25, -0.2) is 0 Å². The van der Waals surface area contributed by atoms with Crippen LogP contribution in [0.4, 0.5) is 0 Å². The van der Waals surface area contributed by atoms with E-state index in [1.54, 1.807) is 30.3 Å². The van der Waals surface area contributed by atoms with Gasteiger partial charge >= 0.3 is 0 Å². The van der Waals surface area contributed by atoms with Crippen molar-refractivity contribution in [2.75, 3.05) is 21.0 Å². The first kappa shape index (κ1) is 15.2. The molecule has 6 nitrogen and oxygen atoms in total. The molecule has 0 aromatic heterocycles. The Balaban J connectivity index is 2.03. The van der Waals surface area contributed by atoms with Gasteiger partial charge in [0.25, 0.3) is 0 Å². The van der Waals surface area contributed by atoms with E-state index in [0.29, 0.717) is 46.0 Å². The highest BCUT2D eigenvalue weighted by Gasteiger charge is 2.22. The molecular weight excluding hydrogens is 300 g/mol. The summed E-state index contributed by atoms with van der Waals surface area (Å²) in [7, 11) is 3.06. The zero-order valence-electron chi connectivity index (χ0n) is 12.7. The molecule has 6 heteroatoms. The van der Waals surface area contributed by atoms with Gasteiger partial charge < -0.3 is 24.1 Å². The summed E-state index contributed by atoms with van der Waals surface area (Å²) in [6, 6.07) is 8.26. The summed E-state index contributed by atoms with van der Waals surface area (Å²) in [6.45, 7) is 0.101. The Labute approximate surface area is 133 Å². The van der Waals surface area contributed by atoms with Gasteiger partial charge in [-0.1, -0.05) is 6.07 Å². The third-order valence-corrected chi connectivity index (χ3v) is 3.72. The first-order valence-corrected chi connectivity index (χ1v) is 6.96. The third-order valence-electron chi connectivity index (χ3n) is 3.72. The van der Waals surface area contributed by atoms with Crippen molar-refractivity contribution in [3.8, 4) is 23.0 Å². The summed E-state index contributed by atoms with van der Waals surface area (Å²) in [5.74, 6) is 2.06. The second-order valence-corrected chi connectivity index (χ2v) is 4.97. The maximum Gasteiger partial charge on any atom is 0.231 e. The quantitative estimate of drug-likeness (QED) is 0.853. The van der Waals surface area contributed by atoms with E-state index in [1.807, 2.05) is 0 Å². The fourth-order valence-corrected chi connectivity index (χ4v) is 2.51. The van der Waals surface area contributed by atoms with Crippen molar-refractivity contribution in [2.45, 2.75) is 6.10 Å². The Morgan fingerprint density at radius 3 is 2.43 bits per heavy atom. The maximum absolute atomic E-state index is 11.3. The summed E-state index contributed by atoms with van der Waals surface area (Å²) in [4.78, 5) is 11.3. The van der Waals surface area contributed by atoms with Crippen LogP contribution < -0.4 is 18.9 Å². The molecule has 1 atom stereocenters. The lowest BCUT2D eigenvalue weighted by molar-refractivity contribution is 0.111. The van der Waals surface area contributed by atoms with Gasteiger partial charge in [-0.05, 0) is 35.4 Å². The molecule has 1 heterocycles. The van der Waals surface area contributed by atoms with Crippen LogP contribution in [-0.4, -0.2) is 32.4 Å². The van der Waals surface area contributed by atoms with Gasteiger partial charge in [0, 0.05) is 5.56 Å². The summed E-state index contributed by atoms with van der Waals surface area (Å²) in [6.07, 6.45) is -0.328. The molecule has 1 N–H and O–H groups in total. The molecule has 0 bridgehead atoms. The first-order valence-electron chi connectivity index (χ1n) is 6.96. The number of aliphatic hydroxyl groups excluding tert-OH is 1. The van der Waals surface area contributed by atoms with E-state index in [-0.39, 0.29) is 6.79 Å². The smallest absolute Gasteiger partial charge is 0.231 e. The highest BCUT2D eigenvalue weighted by atomic mass is 16.7. The lowest BCUT2D eigenvalue weighted by atomic mass is 9.96. The van der Waals surface area contributed by atoms with Crippen LogP contribution in [0.5, 0.6) is 23.0 Å². The Bertz CT molecular complexity index is 740. The summed E-state index contributed by atoms with van der Waals surface area (Å²) in [5, 5.41) is 10.7. The molecule has 0 saturated heterocycles. The van der Waals surface area contributed by atoms with Gasteiger partial charge in [-0.2, -0.15) is 0 Å². The maximum atomic E-state index is 11.3. The van der Waals surface area contributed by atoms with Crippen LogP contribution in [-0.2, 0) is 0 Å². The number of aliphatic hydroxyl groups is 1. The van der Waals surface area contributed by atoms with Crippen molar-refractivity contribution < 1.29 is 28.8 Å². The molecule has 3 rings (SSSR count). The van der Waals surface area contributed by atoms with Crippen LogP contribution in [0.25, 0.3) is 0 Å². The van der Waals surface area contributed by atoms with E-state index < -0.39 is 6.10 Å². The molecule has 1 aliphatic heterocycles. The Morgan fingerprint density at radius 2 is 1.78 bits per heavy atom. The van der Waals surface area contributed by atoms with E-state index >= 15 is 0 Å². The molecule has 2 aromatic carbocycles. The molecule has 0 spiro atoms. The topological polar surface area (TPSA) is 74.2 Å². The van der Waals surface area contributed by atoms with Crippen molar-refractivity contribution in [3.63, 3.8) is 0 Å². The highest BCUT2D eigenvalue weighted by molar-refractivity contribution is 5.80. The Hall–Kier alpha value is -2.73. The van der Waals surface area contributed by atoms with Crippen LogP contribution in [0.3, 0.4) is 0 Å². The Morgan fingerprint density at radius 1 is 1.09 bits per heavy atom. The minimum Gasteiger partial charge on any atom is -0.493 e. The van der Waals surface area contributed by atoms with Crippen molar-refractivity contribution in [1.82, 2.24) is 0 Å². The SMILES string of the molecule is COc1ccc(C(O)c2cc3c(cc2C=O)OCO3)cc1OC. The molecule has 0 saturated carbocycles. The number of methoxy groups -OCH3 is 2. The lowest BCUT2D eigenvalue weighted by Crippen LogP contribution is -2.04. The molecule has 120 valence electrons. The van der Waals surface area contributed by atoms with E-state index in [1.165, 1.54) is 14.2 Å². The number of benzene rings is 2. The second kappa shape index (κ2) is 6.18. The lowest BCUT2D eigenvalue weighted by Gasteiger charge is -2.16. The predicted octanol–water partition coefficient (Wildman–Crippen LogP) is 2.33. The zero-order valence-corrected chi connectivity index (χ0v) is 12.7. The number of aldehydes is 1. The van der Waals surface area contributed by atoms with Crippen LogP contribution in [0.1, 0.15) is 27.6 Å². The molecular formula is C17H16O6. The van der Waals surface area contributed by atoms with Crippen LogP contribution in [0.15, 0.2) is 30.3 Å². The van der Waals surface area contributed by atoms with Crippen LogP contribution >= 0.6 is 0 Å². The van der Waals surface area contributed by atoms with Gasteiger partial charge in [-0.3, -0.25) is 4.79 Å². The molecule has 0 amide bonds. The molecule has 1 unspecified atom stereocenters. The zero-order chi connectivity index (χ0) is 16.4. The Kier molecular flexibility index (Phi) is 4.08. The number of carbonyl (C=O) groups is 1. The van der Waals surface area contributed by atoms with Gasteiger partial charge in [0.15, 0.2) is 29.3 Å². The number of hydrogen-bond acceptors (Lipinski definition) is 6. The number of hydrogen-bond donors (Lipinski definition) is 1. The van der Waals surface area contributed by atoms with Crippen molar-refractivity contribution >= 4 is 6.29 Å². The molecule has 0 radical (unpaired) electrons. The predicted molar refractivity (Wildman–Crippen MR) is 81.6 cm³/mol. The van der Waals surface area contributed by atoms with Gasteiger partial charge in [-0.15, -0.1) is 0 Å². The minimum atomic E-state index is -1.01. The van der Waals surface area contributed by atoms with Crippen LogP contribution in [0, 0.1) is 0 Å². The fourth-order valence-electron chi connectivity index (χ4n) is 2.51. The molecule has 1 aliphatic rings. The molecule has 2 aromatic rings. The number of fused-ring (bicyclic) bond motifs is 1. The largest absolute Gasteiger partial charge is 0.493 e. The van der Waals surface area contributed by atoms with Crippen LogP contribution in [0.2, 0.25) is 0 Å². The monoisotopic (exact) mass is 316 g/mol. The fraction of sp³-hybridized carbons (Fsp3) is 0.235. The van der Waals surface area contributed by atoms with Crippen molar-refractivity contribution in [1.29, 1.82) is 0 Å². The standard InChI is InChI=1S/C17H16O6/c1-20-13-4-3-10(5-14(13)21-2)17(19)12-7-16-15(22-9-23-16)6-11(12)8-18/h3-8,17,19H,9H2,1-2H3. The van der Waals surface area contributed by atoms with Gasteiger partial charge in [0.2, 0.25) is 6.79 Å². The first-order chi connectivity index (χ1) is 11.2. The third kappa shape index (κ3) is 2.68. The van der Waals surface area contributed by atoms with E-state index in [9.17, 15) is 9.90 Å². The second-order valence-electron chi connectivity index (χ2n) is 4.97. The number of carbonyl (C=O) groups excluding carboxylic acids is 1. The highest BCUT2D eigenvalue weighted by Crippen LogP contribution is 2.39. The van der Waals surface area contributed by atoms with E-state index in [2.05, 4.69) is 0 Å². The molecule has 23 heavy (non-hydrogen) atoms. The minimum absolute atomic E-state index is 0.101. The molecule has 0 fully saturated rings. The van der Waals surface area contributed by atoms with Gasteiger partial charge in [0.1, 0.15) is 6.10 Å². The van der Waals surface area contributed by atoms with E-state index in [4.69, 9.17) is 18.9 Å². The summed E-state index contributed by atoms with van der Waals surface area (Å²) < 4.78 is 21.0. The van der Waals surface area contributed by atoms with E-state index in [0.717, 1.165) is 0 Å². The average molecular weight is 316 g/mol. The normalized spacial score (nSPS) is 13.5. The van der Waals surface area contributed by atoms with Crippen molar-refractivity contribution in [3.05, 3.63) is 47.0 Å². The number of rotatable bonds is 5. The van der Waals surface area contributed by atoms with Crippen molar-refractivity contribution in [2.24, 2.45) is 0 Å². The van der Waals surface area contributed by atoms with Gasteiger partial charge in [0.05, 0.1) is 14.2 Å². The molecule has 0 aliphatic carbocycles. The summed E-state index contributed by atoms with van der Waals surface area (Å²) >= 11 is 0.